The zero-order chi connectivity index (χ0) is 23.9. The molecule has 32 heavy (non-hydrogen) atoms. The first-order valence-corrected chi connectivity index (χ1v) is 10.9. The summed E-state index contributed by atoms with van der Waals surface area (Å²) >= 11 is 0. The van der Waals surface area contributed by atoms with E-state index >= 15 is 0 Å². The normalized spacial score (nSPS) is 11.9. The van der Waals surface area contributed by atoms with Gasteiger partial charge in [-0.05, 0) is 56.0 Å². The molecule has 0 aliphatic rings. The molecule has 2 aromatic carbocycles. The first-order chi connectivity index (χ1) is 15.2. The predicted molar refractivity (Wildman–Crippen MR) is 127 cm³/mol. The van der Waals surface area contributed by atoms with Crippen LogP contribution in [0.2, 0.25) is 0 Å². The molecule has 0 radical (unpaired) electrons. The average molecular weight is 443 g/mol. The summed E-state index contributed by atoms with van der Waals surface area (Å²) in [5.41, 5.74) is 3.37. The van der Waals surface area contributed by atoms with Gasteiger partial charge >= 0.3 is 5.97 Å². The van der Waals surface area contributed by atoms with E-state index in [-0.39, 0.29) is 29.9 Å². The van der Waals surface area contributed by atoms with Crippen molar-refractivity contribution in [3.05, 3.63) is 53.1 Å². The smallest absolute Gasteiger partial charge is 0.341 e. The van der Waals surface area contributed by atoms with Gasteiger partial charge in [-0.3, -0.25) is 0 Å². The van der Waals surface area contributed by atoms with E-state index in [1.54, 1.807) is 13.0 Å². The van der Waals surface area contributed by atoms with Crippen LogP contribution in [0.1, 0.15) is 63.0 Å². The molecule has 0 saturated carbocycles. The molecule has 0 bridgehead atoms. The minimum absolute atomic E-state index is 0.0110. The van der Waals surface area contributed by atoms with Gasteiger partial charge in [0.25, 0.3) is 0 Å². The fourth-order valence-corrected chi connectivity index (χ4v) is 3.46. The van der Waals surface area contributed by atoms with E-state index in [4.69, 9.17) is 9.47 Å². The highest BCUT2D eigenvalue weighted by molar-refractivity contribution is 6.02. The Morgan fingerprint density at radius 2 is 1.75 bits per heavy atom. The van der Waals surface area contributed by atoms with Crippen molar-refractivity contribution in [2.24, 2.45) is 5.16 Å². The maximum absolute atomic E-state index is 11.8. The molecule has 0 amide bonds. The lowest BCUT2D eigenvalue weighted by Gasteiger charge is -2.30. The van der Waals surface area contributed by atoms with Crippen LogP contribution in [0.15, 0.2) is 41.6 Å². The number of oxime groups is 1. The van der Waals surface area contributed by atoms with Gasteiger partial charge in [0.15, 0.2) is 0 Å². The number of esters is 1. The summed E-state index contributed by atoms with van der Waals surface area (Å²) in [6.07, 6.45) is 0. The Kier molecular flexibility index (Phi) is 8.52. The number of anilines is 1. The Balaban J connectivity index is 2.26. The molecule has 0 unspecified atom stereocenters. The fraction of sp³-hybridized carbons (Fsp3) is 0.440. The number of benzene rings is 2. The molecule has 0 fully saturated rings. The molecular formula is C25H34N2O5. The van der Waals surface area contributed by atoms with Crippen molar-refractivity contribution in [1.82, 2.24) is 0 Å². The zero-order valence-corrected chi connectivity index (χ0v) is 19.8. The molecule has 2 aromatic rings. The Labute approximate surface area is 190 Å². The molecule has 0 saturated heterocycles. The average Bonchev–Trinajstić information content (AvgIpc) is 2.75. The minimum atomic E-state index is -0.600. The van der Waals surface area contributed by atoms with Gasteiger partial charge in [0.2, 0.25) is 0 Å². The van der Waals surface area contributed by atoms with Crippen LogP contribution in [0.5, 0.6) is 11.5 Å². The molecule has 7 nitrogen and oxygen atoms in total. The van der Waals surface area contributed by atoms with Crippen LogP contribution in [-0.2, 0) is 10.2 Å². The van der Waals surface area contributed by atoms with Crippen LogP contribution in [0.25, 0.3) is 0 Å². The molecular weight excluding hydrogens is 408 g/mol. The van der Waals surface area contributed by atoms with Gasteiger partial charge in [0, 0.05) is 30.4 Å². The van der Waals surface area contributed by atoms with Crippen molar-refractivity contribution in [2.75, 3.05) is 31.2 Å². The van der Waals surface area contributed by atoms with E-state index in [0.717, 1.165) is 29.9 Å². The number of aromatic hydroxyl groups is 1. The summed E-state index contributed by atoms with van der Waals surface area (Å²) < 4.78 is 10.6. The minimum Gasteiger partial charge on any atom is -0.507 e. The number of nitrogens with zero attached hydrogens (tertiary/aromatic N) is 2. The largest absolute Gasteiger partial charge is 0.507 e. The molecule has 0 atom stereocenters. The summed E-state index contributed by atoms with van der Waals surface area (Å²) in [4.78, 5) is 14.1. The lowest BCUT2D eigenvalue weighted by Crippen LogP contribution is -2.27. The molecule has 0 spiro atoms. The van der Waals surface area contributed by atoms with Crippen LogP contribution < -0.4 is 9.64 Å². The molecule has 0 aliphatic carbocycles. The van der Waals surface area contributed by atoms with Gasteiger partial charge in [0.05, 0.1) is 6.61 Å². The standard InChI is InChI=1S/C25H34N2O5/c1-7-27(8-2)22-13-10-17(14-20(22)25(4,5)6)21(26-30)16-32-18-11-12-19(23(28)15-18)24(29)31-9-3/h10-15,28,30H,7-9,16H2,1-6H3. The molecule has 0 aromatic heterocycles. The zero-order valence-electron chi connectivity index (χ0n) is 19.8. The Bertz CT molecular complexity index is 959. The topological polar surface area (TPSA) is 91.6 Å². The second kappa shape index (κ2) is 10.9. The molecule has 0 aliphatic heterocycles. The third kappa shape index (κ3) is 5.93. The monoisotopic (exact) mass is 442 g/mol. The number of carbonyl (C=O) groups is 1. The van der Waals surface area contributed by atoms with Crippen molar-refractivity contribution in [1.29, 1.82) is 0 Å². The molecule has 2 N–H and O–H groups in total. The number of rotatable bonds is 9. The summed E-state index contributed by atoms with van der Waals surface area (Å²) in [7, 11) is 0. The SMILES string of the molecule is CCOC(=O)c1ccc(OCC(=NO)c2ccc(N(CC)CC)c(C(C)(C)C)c2)cc1O. The van der Waals surface area contributed by atoms with E-state index in [1.165, 1.54) is 12.1 Å². The van der Waals surface area contributed by atoms with Gasteiger partial charge in [-0.15, -0.1) is 0 Å². The van der Waals surface area contributed by atoms with E-state index in [9.17, 15) is 15.1 Å². The lowest BCUT2D eigenvalue weighted by atomic mass is 9.84. The first kappa shape index (κ1) is 25.0. The number of carbonyl (C=O) groups excluding carboxylic acids is 1. The molecule has 174 valence electrons. The van der Waals surface area contributed by atoms with Crippen LogP contribution in [0.3, 0.4) is 0 Å². The summed E-state index contributed by atoms with van der Waals surface area (Å²) in [6, 6.07) is 10.3. The number of hydrogen-bond donors (Lipinski definition) is 2. The second-order valence-electron chi connectivity index (χ2n) is 8.39. The van der Waals surface area contributed by atoms with Gasteiger partial charge in [0.1, 0.15) is 29.4 Å². The predicted octanol–water partition coefficient (Wildman–Crippen LogP) is 4.97. The van der Waals surface area contributed by atoms with E-state index in [0.29, 0.717) is 11.5 Å². The van der Waals surface area contributed by atoms with Crippen LogP contribution in [0.4, 0.5) is 5.69 Å². The fourth-order valence-electron chi connectivity index (χ4n) is 3.46. The highest BCUT2D eigenvalue weighted by atomic mass is 16.5. The molecule has 2 rings (SSSR count). The summed E-state index contributed by atoms with van der Waals surface area (Å²) in [6.45, 7) is 14.4. The van der Waals surface area contributed by atoms with Gasteiger partial charge in [-0.1, -0.05) is 32.0 Å². The Hall–Kier alpha value is -3.22. The quantitative estimate of drug-likeness (QED) is 0.247. The molecule has 0 heterocycles. The number of hydrogen-bond acceptors (Lipinski definition) is 7. The van der Waals surface area contributed by atoms with E-state index in [2.05, 4.69) is 44.7 Å². The third-order valence-corrected chi connectivity index (χ3v) is 5.20. The summed E-state index contributed by atoms with van der Waals surface area (Å²) in [5, 5.41) is 23.2. The van der Waals surface area contributed by atoms with Gasteiger partial charge in [-0.25, -0.2) is 4.79 Å². The Morgan fingerprint density at radius 3 is 2.28 bits per heavy atom. The lowest BCUT2D eigenvalue weighted by molar-refractivity contribution is 0.0523. The van der Waals surface area contributed by atoms with E-state index < -0.39 is 5.97 Å². The van der Waals surface area contributed by atoms with Crippen molar-refractivity contribution >= 4 is 17.4 Å². The Morgan fingerprint density at radius 1 is 1.06 bits per heavy atom. The van der Waals surface area contributed by atoms with Crippen molar-refractivity contribution in [3.8, 4) is 11.5 Å². The third-order valence-electron chi connectivity index (χ3n) is 5.20. The van der Waals surface area contributed by atoms with Gasteiger partial charge < -0.3 is 24.7 Å². The number of ether oxygens (including phenoxy) is 2. The highest BCUT2D eigenvalue weighted by Gasteiger charge is 2.22. The maximum atomic E-state index is 11.8. The second-order valence-corrected chi connectivity index (χ2v) is 8.39. The van der Waals surface area contributed by atoms with Crippen molar-refractivity contribution < 1.29 is 24.6 Å². The van der Waals surface area contributed by atoms with Crippen molar-refractivity contribution in [2.45, 2.75) is 47.0 Å². The summed E-state index contributed by atoms with van der Waals surface area (Å²) in [5.74, 6) is -0.494. The first-order valence-electron chi connectivity index (χ1n) is 10.9. The van der Waals surface area contributed by atoms with Crippen LogP contribution >= 0.6 is 0 Å². The van der Waals surface area contributed by atoms with Crippen LogP contribution in [-0.4, -0.2) is 48.3 Å². The maximum Gasteiger partial charge on any atom is 0.341 e. The molecule has 7 heteroatoms. The number of phenolic OH excluding ortho intramolecular Hbond substituents is 1. The van der Waals surface area contributed by atoms with E-state index in [1.807, 2.05) is 18.2 Å². The highest BCUT2D eigenvalue weighted by Crippen LogP contribution is 2.33. The van der Waals surface area contributed by atoms with Crippen LogP contribution in [0, 0.1) is 0 Å². The van der Waals surface area contributed by atoms with Crippen molar-refractivity contribution in [3.63, 3.8) is 0 Å². The van der Waals surface area contributed by atoms with Gasteiger partial charge in [-0.2, -0.15) is 0 Å². The number of phenols is 1.